The van der Waals surface area contributed by atoms with Crippen LogP contribution in [0.4, 0.5) is 0 Å². The lowest BCUT2D eigenvalue weighted by molar-refractivity contribution is 0.244. The van der Waals surface area contributed by atoms with Crippen molar-refractivity contribution in [3.8, 4) is 0 Å². The summed E-state index contributed by atoms with van der Waals surface area (Å²) in [5.74, 6) is 0.960. The molecule has 2 aliphatic rings. The van der Waals surface area contributed by atoms with E-state index in [0.717, 1.165) is 5.92 Å². The number of nitrogens with one attached hydrogen (secondary N) is 1. The molecule has 2 heterocycles. The first kappa shape index (κ1) is 11.4. The first-order valence-electron chi connectivity index (χ1n) is 6.88. The lowest BCUT2D eigenvalue weighted by atomic mass is 9.96. The number of hydrogen-bond donors (Lipinski definition) is 1. The third kappa shape index (κ3) is 4.12. The van der Waals surface area contributed by atoms with Gasteiger partial charge in [-0.1, -0.05) is 12.8 Å². The van der Waals surface area contributed by atoms with Crippen LogP contribution in [0.25, 0.3) is 0 Å². The van der Waals surface area contributed by atoms with E-state index in [1.165, 1.54) is 77.7 Å². The summed E-state index contributed by atoms with van der Waals surface area (Å²) in [7, 11) is 0. The number of piperidine rings is 1. The van der Waals surface area contributed by atoms with E-state index in [2.05, 4.69) is 10.2 Å². The second-order valence-corrected chi connectivity index (χ2v) is 5.26. The standard InChI is InChI=1S/C13H26N2/c1-2-4-10-15(9-3-1)11-7-13-6-5-8-14-12-13/h13-14H,1-12H2. The van der Waals surface area contributed by atoms with Crippen LogP contribution in [0.15, 0.2) is 0 Å². The van der Waals surface area contributed by atoms with Gasteiger partial charge in [0.15, 0.2) is 0 Å². The molecule has 2 aliphatic heterocycles. The van der Waals surface area contributed by atoms with Gasteiger partial charge in [-0.2, -0.15) is 0 Å². The maximum absolute atomic E-state index is 3.52. The molecule has 2 nitrogen and oxygen atoms in total. The first-order chi connectivity index (χ1) is 7.45. The van der Waals surface area contributed by atoms with Crippen molar-refractivity contribution in [1.82, 2.24) is 10.2 Å². The van der Waals surface area contributed by atoms with Crippen molar-refractivity contribution in [2.45, 2.75) is 44.9 Å². The Labute approximate surface area is 94.4 Å². The lowest BCUT2D eigenvalue weighted by Crippen LogP contribution is -2.33. The van der Waals surface area contributed by atoms with Crippen molar-refractivity contribution in [3.63, 3.8) is 0 Å². The summed E-state index contributed by atoms with van der Waals surface area (Å²) in [5.41, 5.74) is 0. The molecular weight excluding hydrogens is 184 g/mol. The highest BCUT2D eigenvalue weighted by molar-refractivity contribution is 4.71. The van der Waals surface area contributed by atoms with Gasteiger partial charge in [0.1, 0.15) is 0 Å². The first-order valence-corrected chi connectivity index (χ1v) is 6.88. The van der Waals surface area contributed by atoms with Crippen LogP contribution in [0.3, 0.4) is 0 Å². The maximum Gasteiger partial charge on any atom is -0.00156 e. The van der Waals surface area contributed by atoms with Crippen molar-refractivity contribution in [3.05, 3.63) is 0 Å². The molecule has 0 aromatic heterocycles. The smallest absolute Gasteiger partial charge is 0.00156 e. The van der Waals surface area contributed by atoms with Gasteiger partial charge in [-0.05, 0) is 70.7 Å². The Hall–Kier alpha value is -0.0800. The highest BCUT2D eigenvalue weighted by Gasteiger charge is 2.15. The Morgan fingerprint density at radius 3 is 2.47 bits per heavy atom. The summed E-state index contributed by atoms with van der Waals surface area (Å²) < 4.78 is 0. The monoisotopic (exact) mass is 210 g/mol. The molecule has 88 valence electrons. The highest BCUT2D eigenvalue weighted by Crippen LogP contribution is 2.16. The van der Waals surface area contributed by atoms with E-state index in [9.17, 15) is 0 Å². The predicted octanol–water partition coefficient (Wildman–Crippen LogP) is 2.25. The van der Waals surface area contributed by atoms with E-state index >= 15 is 0 Å². The van der Waals surface area contributed by atoms with Gasteiger partial charge in [0.25, 0.3) is 0 Å². The SMILES string of the molecule is C1CCCN(CCC2CCCNC2)CC1. The molecule has 0 aromatic rings. The number of hydrogen-bond acceptors (Lipinski definition) is 2. The summed E-state index contributed by atoms with van der Waals surface area (Å²) >= 11 is 0. The quantitative estimate of drug-likeness (QED) is 0.768. The van der Waals surface area contributed by atoms with Crippen LogP contribution < -0.4 is 5.32 Å². The van der Waals surface area contributed by atoms with Gasteiger partial charge in [0, 0.05) is 0 Å². The predicted molar refractivity (Wildman–Crippen MR) is 65.1 cm³/mol. The second-order valence-electron chi connectivity index (χ2n) is 5.26. The fourth-order valence-corrected chi connectivity index (χ4v) is 2.90. The number of nitrogens with zero attached hydrogens (tertiary/aromatic N) is 1. The van der Waals surface area contributed by atoms with Crippen molar-refractivity contribution in [2.75, 3.05) is 32.7 Å². The normalized spacial score (nSPS) is 30.0. The van der Waals surface area contributed by atoms with E-state index in [1.54, 1.807) is 0 Å². The molecule has 1 unspecified atom stereocenters. The minimum Gasteiger partial charge on any atom is -0.316 e. The number of likely N-dealkylation sites (tertiary alicyclic amines) is 1. The van der Waals surface area contributed by atoms with Crippen LogP contribution in [0.1, 0.15) is 44.9 Å². The molecule has 0 amide bonds. The zero-order valence-corrected chi connectivity index (χ0v) is 10.0. The molecule has 0 aliphatic carbocycles. The van der Waals surface area contributed by atoms with Gasteiger partial charge in [-0.15, -0.1) is 0 Å². The Kier molecular flexibility index (Phi) is 4.94. The Bertz CT molecular complexity index is 156. The largest absolute Gasteiger partial charge is 0.316 e. The molecule has 2 heteroatoms. The summed E-state index contributed by atoms with van der Waals surface area (Å²) in [6.45, 7) is 6.60. The second kappa shape index (κ2) is 6.49. The average Bonchev–Trinajstić information content (AvgIpc) is 2.56. The van der Waals surface area contributed by atoms with E-state index in [1.807, 2.05) is 0 Å². The Balaban J connectivity index is 1.62. The van der Waals surface area contributed by atoms with Crippen LogP contribution in [-0.4, -0.2) is 37.6 Å². The van der Waals surface area contributed by atoms with E-state index in [4.69, 9.17) is 0 Å². The molecule has 15 heavy (non-hydrogen) atoms. The van der Waals surface area contributed by atoms with Crippen molar-refractivity contribution < 1.29 is 0 Å². The average molecular weight is 210 g/mol. The van der Waals surface area contributed by atoms with E-state index in [0.29, 0.717) is 0 Å². The van der Waals surface area contributed by atoms with E-state index in [-0.39, 0.29) is 0 Å². The lowest BCUT2D eigenvalue weighted by Gasteiger charge is -2.26. The van der Waals surface area contributed by atoms with Crippen molar-refractivity contribution in [1.29, 1.82) is 0 Å². The topological polar surface area (TPSA) is 15.3 Å². The Morgan fingerprint density at radius 1 is 1.00 bits per heavy atom. The summed E-state index contributed by atoms with van der Waals surface area (Å²) in [5, 5.41) is 3.52. The maximum atomic E-state index is 3.52. The molecule has 2 rings (SSSR count). The summed E-state index contributed by atoms with van der Waals surface area (Å²) in [6, 6.07) is 0. The summed E-state index contributed by atoms with van der Waals surface area (Å²) in [4.78, 5) is 2.70. The molecule has 0 spiro atoms. The van der Waals surface area contributed by atoms with Gasteiger partial charge >= 0.3 is 0 Å². The highest BCUT2D eigenvalue weighted by atomic mass is 15.1. The van der Waals surface area contributed by atoms with Crippen molar-refractivity contribution in [2.24, 2.45) is 5.92 Å². The molecule has 2 fully saturated rings. The third-order valence-electron chi connectivity index (χ3n) is 3.95. The molecule has 0 saturated carbocycles. The Morgan fingerprint density at radius 2 is 1.80 bits per heavy atom. The van der Waals surface area contributed by atoms with Gasteiger partial charge in [-0.25, -0.2) is 0 Å². The van der Waals surface area contributed by atoms with E-state index < -0.39 is 0 Å². The van der Waals surface area contributed by atoms with Gasteiger partial charge in [0.05, 0.1) is 0 Å². The van der Waals surface area contributed by atoms with Crippen LogP contribution in [0.5, 0.6) is 0 Å². The van der Waals surface area contributed by atoms with Crippen LogP contribution in [0.2, 0.25) is 0 Å². The van der Waals surface area contributed by atoms with Crippen molar-refractivity contribution >= 4 is 0 Å². The van der Waals surface area contributed by atoms with Crippen LogP contribution in [-0.2, 0) is 0 Å². The third-order valence-corrected chi connectivity index (χ3v) is 3.95. The minimum absolute atomic E-state index is 0.960. The fraction of sp³-hybridized carbons (Fsp3) is 1.00. The van der Waals surface area contributed by atoms with Gasteiger partial charge in [-0.3, -0.25) is 0 Å². The molecule has 2 saturated heterocycles. The number of rotatable bonds is 3. The zero-order chi connectivity index (χ0) is 10.3. The zero-order valence-electron chi connectivity index (χ0n) is 10.0. The van der Waals surface area contributed by atoms with Gasteiger partial charge in [0.2, 0.25) is 0 Å². The summed E-state index contributed by atoms with van der Waals surface area (Å²) in [6.07, 6.45) is 10.1. The molecule has 1 atom stereocenters. The van der Waals surface area contributed by atoms with Crippen LogP contribution >= 0.6 is 0 Å². The van der Waals surface area contributed by atoms with Crippen LogP contribution in [0, 0.1) is 5.92 Å². The minimum atomic E-state index is 0.960. The molecular formula is C13H26N2. The molecule has 0 aromatic carbocycles. The molecule has 0 bridgehead atoms. The fourth-order valence-electron chi connectivity index (χ4n) is 2.90. The molecule has 1 N–H and O–H groups in total. The van der Waals surface area contributed by atoms with Gasteiger partial charge < -0.3 is 10.2 Å². The molecule has 0 radical (unpaired) electrons.